The van der Waals surface area contributed by atoms with E-state index in [4.69, 9.17) is 6.57 Å². The van der Waals surface area contributed by atoms with E-state index in [9.17, 15) is 4.79 Å². The Bertz CT molecular complexity index is 428. The fourth-order valence-corrected chi connectivity index (χ4v) is 1.61. The van der Waals surface area contributed by atoms with Crippen molar-refractivity contribution in [2.24, 2.45) is 0 Å². The van der Waals surface area contributed by atoms with Gasteiger partial charge in [0.2, 0.25) is 11.6 Å². The standard InChI is InChI=1S/C9H12N3OP/c1-5-6(2)12(14)9(8(5)10-4)11-7(3)13/h14H2,1-3H3,(H,11,13). The Morgan fingerprint density at radius 1 is 1.57 bits per heavy atom. The number of carbonyl (C=O) groups excluding carboxylic acids is 1. The zero-order chi connectivity index (χ0) is 10.9. The quantitative estimate of drug-likeness (QED) is 0.559. The Labute approximate surface area is 85.4 Å². The number of carbonyl (C=O) groups is 1. The minimum Gasteiger partial charge on any atom is -0.326 e. The van der Waals surface area contributed by atoms with Crippen LogP contribution in [0.3, 0.4) is 0 Å². The molecule has 0 spiro atoms. The molecule has 0 radical (unpaired) electrons. The van der Waals surface area contributed by atoms with Gasteiger partial charge in [0.15, 0.2) is 0 Å². The van der Waals surface area contributed by atoms with Crippen LogP contribution < -0.4 is 5.32 Å². The van der Waals surface area contributed by atoms with Crippen molar-refractivity contribution in [2.75, 3.05) is 5.32 Å². The van der Waals surface area contributed by atoms with Crippen LogP contribution in [-0.4, -0.2) is 10.2 Å². The summed E-state index contributed by atoms with van der Waals surface area (Å²) in [6.07, 6.45) is 0. The molecule has 1 aromatic heterocycles. The van der Waals surface area contributed by atoms with Crippen molar-refractivity contribution in [1.82, 2.24) is 4.34 Å². The monoisotopic (exact) mass is 209 g/mol. The van der Waals surface area contributed by atoms with Crippen LogP contribution in [0.4, 0.5) is 11.5 Å². The van der Waals surface area contributed by atoms with Crippen molar-refractivity contribution >= 4 is 26.8 Å². The number of nitrogens with one attached hydrogen (secondary N) is 1. The maximum absolute atomic E-state index is 10.9. The number of hydrogen-bond donors (Lipinski definition) is 1. The SMILES string of the molecule is [C-]#[N+]c1c(C)c(C)n(P)c1NC(C)=O. The van der Waals surface area contributed by atoms with E-state index in [0.717, 1.165) is 11.3 Å². The first-order valence-electron chi connectivity index (χ1n) is 4.11. The maximum atomic E-state index is 10.9. The highest BCUT2D eigenvalue weighted by molar-refractivity contribution is 7.14. The molecule has 1 amide bonds. The molecule has 0 saturated heterocycles. The number of nitrogens with zero attached hydrogens (tertiary/aromatic N) is 2. The molecule has 1 atom stereocenters. The lowest BCUT2D eigenvalue weighted by Gasteiger charge is -2.05. The van der Waals surface area contributed by atoms with Crippen molar-refractivity contribution < 1.29 is 4.79 Å². The van der Waals surface area contributed by atoms with Crippen LogP contribution in [0.2, 0.25) is 0 Å². The normalized spacial score (nSPS) is 9.64. The molecule has 0 aliphatic rings. The Morgan fingerprint density at radius 2 is 2.14 bits per heavy atom. The Morgan fingerprint density at radius 3 is 2.57 bits per heavy atom. The first-order chi connectivity index (χ1) is 6.49. The van der Waals surface area contributed by atoms with Crippen LogP contribution in [0, 0.1) is 20.4 Å². The molecule has 0 saturated carbocycles. The van der Waals surface area contributed by atoms with Gasteiger partial charge in [0.25, 0.3) is 0 Å². The molecule has 1 aromatic rings. The van der Waals surface area contributed by atoms with E-state index in [-0.39, 0.29) is 5.91 Å². The molecule has 5 heteroatoms. The highest BCUT2D eigenvalue weighted by Gasteiger charge is 2.16. The predicted molar refractivity (Wildman–Crippen MR) is 59.6 cm³/mol. The van der Waals surface area contributed by atoms with Crippen LogP contribution in [0.5, 0.6) is 0 Å². The number of hydrogen-bond acceptors (Lipinski definition) is 1. The zero-order valence-electron chi connectivity index (χ0n) is 8.38. The first kappa shape index (κ1) is 10.7. The van der Waals surface area contributed by atoms with Gasteiger partial charge >= 0.3 is 0 Å². The first-order valence-corrected chi connectivity index (χ1v) is 4.62. The summed E-state index contributed by atoms with van der Waals surface area (Å²) < 4.78 is 1.74. The highest BCUT2D eigenvalue weighted by Crippen LogP contribution is 2.35. The Balaban J connectivity index is 3.35. The number of anilines is 1. The molecule has 0 aliphatic carbocycles. The van der Waals surface area contributed by atoms with Gasteiger partial charge < -0.3 is 9.65 Å². The molecule has 1 heterocycles. The van der Waals surface area contributed by atoms with E-state index < -0.39 is 0 Å². The fraction of sp³-hybridized carbons (Fsp3) is 0.333. The lowest BCUT2D eigenvalue weighted by Crippen LogP contribution is -2.07. The summed E-state index contributed by atoms with van der Waals surface area (Å²) in [4.78, 5) is 14.3. The molecule has 0 aliphatic heterocycles. The van der Waals surface area contributed by atoms with E-state index in [1.54, 1.807) is 4.34 Å². The van der Waals surface area contributed by atoms with E-state index in [1.165, 1.54) is 6.92 Å². The summed E-state index contributed by atoms with van der Waals surface area (Å²) in [6, 6.07) is 0. The van der Waals surface area contributed by atoms with Gasteiger partial charge in [0, 0.05) is 12.6 Å². The topological polar surface area (TPSA) is 38.4 Å². The van der Waals surface area contributed by atoms with Crippen LogP contribution in [0.15, 0.2) is 0 Å². The number of amides is 1. The van der Waals surface area contributed by atoms with Gasteiger partial charge in [-0.15, -0.1) is 0 Å². The van der Waals surface area contributed by atoms with Crippen LogP contribution in [0.1, 0.15) is 18.2 Å². The average Bonchev–Trinajstić information content (AvgIpc) is 2.31. The summed E-state index contributed by atoms with van der Waals surface area (Å²) in [6.45, 7) is 12.2. The maximum Gasteiger partial charge on any atom is 0.231 e. The summed E-state index contributed by atoms with van der Waals surface area (Å²) in [5.74, 6) is 0.378. The van der Waals surface area contributed by atoms with Crippen molar-refractivity contribution in [1.29, 1.82) is 0 Å². The Kier molecular flexibility index (Phi) is 2.93. The summed E-state index contributed by atoms with van der Waals surface area (Å²) in [5, 5.41) is 2.64. The van der Waals surface area contributed by atoms with Crippen LogP contribution in [-0.2, 0) is 4.79 Å². The van der Waals surface area contributed by atoms with E-state index >= 15 is 0 Å². The summed E-state index contributed by atoms with van der Waals surface area (Å²) >= 11 is 0. The molecule has 0 fully saturated rings. The molecular weight excluding hydrogens is 197 g/mol. The molecule has 14 heavy (non-hydrogen) atoms. The zero-order valence-corrected chi connectivity index (χ0v) is 9.53. The highest BCUT2D eigenvalue weighted by atomic mass is 31.0. The minimum absolute atomic E-state index is 0.170. The van der Waals surface area contributed by atoms with E-state index in [0.29, 0.717) is 11.5 Å². The van der Waals surface area contributed by atoms with Crippen molar-refractivity contribution in [3.8, 4) is 0 Å². The van der Waals surface area contributed by atoms with Gasteiger partial charge in [0.1, 0.15) is 5.82 Å². The van der Waals surface area contributed by atoms with Gasteiger partial charge in [-0.1, -0.05) is 0 Å². The largest absolute Gasteiger partial charge is 0.326 e. The second-order valence-corrected chi connectivity index (χ2v) is 3.59. The molecule has 1 unspecified atom stereocenters. The van der Waals surface area contributed by atoms with Gasteiger partial charge in [-0.05, 0) is 28.8 Å². The van der Waals surface area contributed by atoms with Crippen LogP contribution >= 0.6 is 9.39 Å². The molecule has 1 rings (SSSR count). The third-order valence-electron chi connectivity index (χ3n) is 2.13. The lowest BCUT2D eigenvalue weighted by atomic mass is 10.2. The summed E-state index contributed by atoms with van der Waals surface area (Å²) in [7, 11) is 2.48. The predicted octanol–water partition coefficient (Wildman–Crippen LogP) is 2.25. The lowest BCUT2D eigenvalue weighted by molar-refractivity contribution is -0.114. The van der Waals surface area contributed by atoms with Gasteiger partial charge in [-0.2, -0.15) is 0 Å². The van der Waals surface area contributed by atoms with Gasteiger partial charge in [-0.3, -0.25) is 4.79 Å². The molecule has 4 nitrogen and oxygen atoms in total. The van der Waals surface area contributed by atoms with E-state index in [2.05, 4.69) is 19.6 Å². The molecular formula is C9H12N3OP. The molecule has 74 valence electrons. The van der Waals surface area contributed by atoms with Gasteiger partial charge in [-0.25, -0.2) is 4.85 Å². The van der Waals surface area contributed by atoms with Crippen molar-refractivity contribution in [3.63, 3.8) is 0 Å². The number of aromatic nitrogens is 1. The molecule has 0 bridgehead atoms. The van der Waals surface area contributed by atoms with Crippen molar-refractivity contribution in [2.45, 2.75) is 20.8 Å². The smallest absolute Gasteiger partial charge is 0.231 e. The van der Waals surface area contributed by atoms with Gasteiger partial charge in [0.05, 0.1) is 6.57 Å². The second-order valence-electron chi connectivity index (χ2n) is 3.07. The number of rotatable bonds is 1. The summed E-state index contributed by atoms with van der Waals surface area (Å²) in [5.41, 5.74) is 2.37. The third kappa shape index (κ3) is 1.64. The van der Waals surface area contributed by atoms with Crippen molar-refractivity contribution in [3.05, 3.63) is 22.7 Å². The minimum atomic E-state index is -0.170. The average molecular weight is 209 g/mol. The van der Waals surface area contributed by atoms with Crippen LogP contribution in [0.25, 0.3) is 4.85 Å². The third-order valence-corrected chi connectivity index (χ3v) is 2.78. The Hall–Kier alpha value is -1.33. The fourth-order valence-electron chi connectivity index (χ4n) is 1.23. The second kappa shape index (κ2) is 3.81. The molecule has 0 aromatic carbocycles. The molecule has 1 N–H and O–H groups in total. The van der Waals surface area contributed by atoms with E-state index in [1.807, 2.05) is 13.8 Å².